The Morgan fingerprint density at radius 3 is 2.46 bits per heavy atom. The number of anilines is 2. The SMILES string of the molecule is C#Cc1cccc(NC(=O)N2CCC(CO)(Nc3ccccc3)CC2)c1. The standard InChI is InChI=1S/C21H23N3O2/c1-2-17-7-6-10-19(15-17)22-20(26)24-13-11-21(16-25,12-14-24)23-18-8-4-3-5-9-18/h1,3-10,15,23,25H,11-14,16H2,(H,22,26). The van der Waals surface area contributed by atoms with Crippen molar-refractivity contribution < 1.29 is 9.90 Å². The van der Waals surface area contributed by atoms with Crippen molar-refractivity contribution in [2.24, 2.45) is 0 Å². The van der Waals surface area contributed by atoms with E-state index in [1.807, 2.05) is 48.5 Å². The molecule has 3 N–H and O–H groups in total. The second-order valence-electron chi connectivity index (χ2n) is 6.57. The van der Waals surface area contributed by atoms with E-state index in [9.17, 15) is 9.90 Å². The number of rotatable bonds is 4. The van der Waals surface area contributed by atoms with Crippen molar-refractivity contribution in [3.8, 4) is 12.3 Å². The van der Waals surface area contributed by atoms with Gasteiger partial charge in [0.25, 0.3) is 0 Å². The second kappa shape index (κ2) is 7.94. The van der Waals surface area contributed by atoms with Crippen LogP contribution in [0.3, 0.4) is 0 Å². The summed E-state index contributed by atoms with van der Waals surface area (Å²) in [5.74, 6) is 2.56. The van der Waals surface area contributed by atoms with Crippen LogP contribution in [0, 0.1) is 12.3 Å². The van der Waals surface area contributed by atoms with Gasteiger partial charge in [0.1, 0.15) is 0 Å². The number of amides is 2. The van der Waals surface area contributed by atoms with E-state index in [-0.39, 0.29) is 12.6 Å². The molecule has 0 saturated carbocycles. The van der Waals surface area contributed by atoms with Crippen LogP contribution in [0.15, 0.2) is 54.6 Å². The number of nitrogens with one attached hydrogen (secondary N) is 2. The maximum Gasteiger partial charge on any atom is 0.321 e. The number of nitrogens with zero attached hydrogens (tertiary/aromatic N) is 1. The van der Waals surface area contributed by atoms with Crippen LogP contribution < -0.4 is 10.6 Å². The van der Waals surface area contributed by atoms with Gasteiger partial charge in [0.05, 0.1) is 12.1 Å². The number of piperidine rings is 1. The lowest BCUT2D eigenvalue weighted by atomic mass is 9.88. The van der Waals surface area contributed by atoms with Crippen molar-refractivity contribution in [3.63, 3.8) is 0 Å². The number of hydrogen-bond donors (Lipinski definition) is 3. The molecule has 3 rings (SSSR count). The third-order valence-electron chi connectivity index (χ3n) is 4.77. The number of urea groups is 1. The van der Waals surface area contributed by atoms with Crippen LogP contribution in [0.25, 0.3) is 0 Å². The number of para-hydroxylation sites is 1. The number of hydrogen-bond acceptors (Lipinski definition) is 3. The first-order valence-corrected chi connectivity index (χ1v) is 8.71. The lowest BCUT2D eigenvalue weighted by molar-refractivity contribution is 0.132. The molecule has 0 spiro atoms. The molecule has 2 aromatic rings. The zero-order chi connectivity index (χ0) is 18.4. The Kier molecular flexibility index (Phi) is 5.45. The first-order valence-electron chi connectivity index (χ1n) is 8.71. The van der Waals surface area contributed by atoms with Crippen molar-refractivity contribution in [2.45, 2.75) is 18.4 Å². The molecule has 5 heteroatoms. The molecule has 0 bridgehead atoms. The molecule has 1 heterocycles. The van der Waals surface area contributed by atoms with Gasteiger partial charge < -0.3 is 20.6 Å². The van der Waals surface area contributed by atoms with Gasteiger partial charge in [-0.1, -0.05) is 30.2 Å². The normalized spacial score (nSPS) is 15.8. The molecule has 2 aromatic carbocycles. The van der Waals surface area contributed by atoms with Gasteiger partial charge in [0.2, 0.25) is 0 Å². The van der Waals surface area contributed by atoms with E-state index >= 15 is 0 Å². The lowest BCUT2D eigenvalue weighted by Crippen LogP contribution is -2.53. The molecule has 1 fully saturated rings. The largest absolute Gasteiger partial charge is 0.394 e. The van der Waals surface area contributed by atoms with Crippen molar-refractivity contribution in [3.05, 3.63) is 60.2 Å². The molecule has 2 amide bonds. The summed E-state index contributed by atoms with van der Waals surface area (Å²) in [6.45, 7) is 1.17. The molecule has 1 aliphatic rings. The van der Waals surface area contributed by atoms with Crippen molar-refractivity contribution in [1.29, 1.82) is 0 Å². The van der Waals surface area contributed by atoms with E-state index in [2.05, 4.69) is 16.6 Å². The summed E-state index contributed by atoms with van der Waals surface area (Å²) in [5.41, 5.74) is 1.99. The Labute approximate surface area is 154 Å². The van der Waals surface area contributed by atoms with Crippen LogP contribution in [-0.2, 0) is 0 Å². The number of terminal acetylenes is 1. The fourth-order valence-electron chi connectivity index (χ4n) is 3.18. The molecule has 1 aliphatic heterocycles. The predicted octanol–water partition coefficient (Wildman–Crippen LogP) is 3.14. The molecule has 0 aromatic heterocycles. The van der Waals surface area contributed by atoms with Crippen molar-refractivity contribution in [1.82, 2.24) is 4.90 Å². The minimum absolute atomic E-state index is 0.0293. The number of aliphatic hydroxyl groups excluding tert-OH is 1. The van der Waals surface area contributed by atoms with E-state index in [1.165, 1.54) is 0 Å². The van der Waals surface area contributed by atoms with E-state index in [0.717, 1.165) is 11.3 Å². The maximum absolute atomic E-state index is 12.5. The molecular formula is C21H23N3O2. The van der Waals surface area contributed by atoms with Gasteiger partial charge in [0.15, 0.2) is 0 Å². The Bertz CT molecular complexity index is 790. The molecule has 5 nitrogen and oxygen atoms in total. The Balaban J connectivity index is 1.59. The van der Waals surface area contributed by atoms with Crippen LogP contribution in [0.1, 0.15) is 18.4 Å². The van der Waals surface area contributed by atoms with Gasteiger partial charge in [-0.15, -0.1) is 6.42 Å². The summed E-state index contributed by atoms with van der Waals surface area (Å²) < 4.78 is 0. The van der Waals surface area contributed by atoms with Crippen molar-refractivity contribution in [2.75, 3.05) is 30.3 Å². The highest BCUT2D eigenvalue weighted by Crippen LogP contribution is 2.27. The minimum atomic E-state index is -0.401. The molecule has 134 valence electrons. The summed E-state index contributed by atoms with van der Waals surface area (Å²) in [6, 6.07) is 16.9. The monoisotopic (exact) mass is 349 g/mol. The summed E-state index contributed by atoms with van der Waals surface area (Å²) in [5, 5.41) is 16.2. The van der Waals surface area contributed by atoms with E-state index in [0.29, 0.717) is 31.6 Å². The summed E-state index contributed by atoms with van der Waals surface area (Å²) in [6.07, 6.45) is 6.75. The van der Waals surface area contributed by atoms with Crippen LogP contribution in [0.2, 0.25) is 0 Å². The van der Waals surface area contributed by atoms with Crippen LogP contribution >= 0.6 is 0 Å². The molecule has 1 saturated heterocycles. The number of likely N-dealkylation sites (tertiary alicyclic amines) is 1. The van der Waals surface area contributed by atoms with Crippen LogP contribution in [-0.4, -0.2) is 41.3 Å². The number of benzene rings is 2. The van der Waals surface area contributed by atoms with E-state index in [4.69, 9.17) is 6.42 Å². The number of carbonyl (C=O) groups is 1. The predicted molar refractivity (Wildman–Crippen MR) is 104 cm³/mol. The highest BCUT2D eigenvalue weighted by atomic mass is 16.3. The number of carbonyl (C=O) groups excluding carboxylic acids is 1. The highest BCUT2D eigenvalue weighted by Gasteiger charge is 2.35. The van der Waals surface area contributed by atoms with Gasteiger partial charge in [-0.05, 0) is 43.2 Å². The third-order valence-corrected chi connectivity index (χ3v) is 4.77. The minimum Gasteiger partial charge on any atom is -0.394 e. The third kappa shape index (κ3) is 4.16. The quantitative estimate of drug-likeness (QED) is 0.743. The molecule has 0 unspecified atom stereocenters. The summed E-state index contributed by atoms with van der Waals surface area (Å²) in [4.78, 5) is 14.3. The smallest absolute Gasteiger partial charge is 0.321 e. The number of aliphatic hydroxyl groups is 1. The Morgan fingerprint density at radius 1 is 1.12 bits per heavy atom. The van der Waals surface area contributed by atoms with Gasteiger partial charge in [-0.2, -0.15) is 0 Å². The van der Waals surface area contributed by atoms with Gasteiger partial charge in [-0.3, -0.25) is 0 Å². The zero-order valence-electron chi connectivity index (χ0n) is 14.6. The molecule has 0 radical (unpaired) electrons. The van der Waals surface area contributed by atoms with E-state index in [1.54, 1.807) is 11.0 Å². The van der Waals surface area contributed by atoms with Crippen molar-refractivity contribution >= 4 is 17.4 Å². The van der Waals surface area contributed by atoms with Crippen LogP contribution in [0.4, 0.5) is 16.2 Å². The first-order chi connectivity index (χ1) is 12.6. The van der Waals surface area contributed by atoms with Crippen LogP contribution in [0.5, 0.6) is 0 Å². The fraction of sp³-hybridized carbons (Fsp3) is 0.286. The lowest BCUT2D eigenvalue weighted by Gasteiger charge is -2.41. The first kappa shape index (κ1) is 17.8. The molecule has 26 heavy (non-hydrogen) atoms. The average Bonchev–Trinajstić information content (AvgIpc) is 2.69. The Morgan fingerprint density at radius 2 is 1.81 bits per heavy atom. The summed E-state index contributed by atoms with van der Waals surface area (Å²) >= 11 is 0. The molecule has 0 aliphatic carbocycles. The molecular weight excluding hydrogens is 326 g/mol. The van der Waals surface area contributed by atoms with Gasteiger partial charge in [-0.25, -0.2) is 4.79 Å². The van der Waals surface area contributed by atoms with E-state index < -0.39 is 5.54 Å². The Hall–Kier alpha value is -2.97. The highest BCUT2D eigenvalue weighted by molar-refractivity contribution is 5.89. The second-order valence-corrected chi connectivity index (χ2v) is 6.57. The zero-order valence-corrected chi connectivity index (χ0v) is 14.6. The topological polar surface area (TPSA) is 64.6 Å². The van der Waals surface area contributed by atoms with Gasteiger partial charge >= 0.3 is 6.03 Å². The van der Waals surface area contributed by atoms with Gasteiger partial charge in [0, 0.05) is 30.0 Å². The fourth-order valence-corrected chi connectivity index (χ4v) is 3.18. The molecule has 0 atom stereocenters. The average molecular weight is 349 g/mol. The summed E-state index contributed by atoms with van der Waals surface area (Å²) in [7, 11) is 0. The maximum atomic E-state index is 12.5.